The monoisotopic (exact) mass is 421 g/mol. The van der Waals surface area contributed by atoms with E-state index in [2.05, 4.69) is 0 Å². The second-order valence-electron chi connectivity index (χ2n) is 8.50. The molecule has 0 radical (unpaired) electrons. The minimum absolute atomic E-state index is 0. The molecule has 3 rings (SSSR count). The van der Waals surface area contributed by atoms with Crippen molar-refractivity contribution in [2.75, 3.05) is 0 Å². The Bertz CT molecular complexity index is 565. The van der Waals surface area contributed by atoms with E-state index in [1.54, 1.807) is 0 Å². The zero-order valence-corrected chi connectivity index (χ0v) is 18.9. The van der Waals surface area contributed by atoms with Gasteiger partial charge in [0.15, 0.2) is 0 Å². The van der Waals surface area contributed by atoms with Gasteiger partial charge in [-0.15, -0.1) is 0 Å². The van der Waals surface area contributed by atoms with Crippen LogP contribution in [0.4, 0.5) is 0 Å². The molecule has 3 saturated carbocycles. The molecule has 3 fully saturated rings. The average Bonchev–Trinajstić information content (AvgIpc) is 2.61. The van der Waals surface area contributed by atoms with Gasteiger partial charge >= 0.3 is 37.7 Å². The summed E-state index contributed by atoms with van der Waals surface area (Å²) in [5.74, 6) is 2.73. The van der Waals surface area contributed by atoms with Crippen molar-refractivity contribution in [1.29, 1.82) is 0 Å². The normalized spacial score (nSPS) is 37.5. The molecule has 3 aliphatic carbocycles. The molecular formula is C18H31Li2O6S2-. The molecule has 0 aromatic heterocycles. The van der Waals surface area contributed by atoms with Gasteiger partial charge in [-0.05, 0) is 101 Å². The summed E-state index contributed by atoms with van der Waals surface area (Å²) in [5.41, 5.74) is 0. The van der Waals surface area contributed by atoms with Crippen LogP contribution >= 0.6 is 0 Å². The van der Waals surface area contributed by atoms with Crippen LogP contribution in [0.15, 0.2) is 0 Å². The molecular weight excluding hydrogens is 390 g/mol. The Hall–Kier alpha value is 1.17. The van der Waals surface area contributed by atoms with Gasteiger partial charge in [0.2, 0.25) is 0 Å². The van der Waals surface area contributed by atoms with Crippen molar-refractivity contribution >= 4 is 21.2 Å². The van der Waals surface area contributed by atoms with Crippen molar-refractivity contribution < 1.29 is 64.9 Å². The molecule has 28 heavy (non-hydrogen) atoms. The van der Waals surface area contributed by atoms with E-state index in [9.17, 15) is 21.7 Å². The molecule has 3 aliphatic rings. The summed E-state index contributed by atoms with van der Waals surface area (Å²) in [5, 5.41) is -0.776. The summed E-state index contributed by atoms with van der Waals surface area (Å²) < 4.78 is 55.6. The molecule has 1 atom stereocenters. The van der Waals surface area contributed by atoms with Crippen molar-refractivity contribution in [3.63, 3.8) is 0 Å². The minimum atomic E-state index is -4.11. The van der Waals surface area contributed by atoms with Crippen LogP contribution in [0.25, 0.3) is 0 Å². The van der Waals surface area contributed by atoms with E-state index in [4.69, 9.17) is 0 Å². The van der Waals surface area contributed by atoms with E-state index in [0.29, 0.717) is 30.6 Å². The van der Waals surface area contributed by atoms with Gasteiger partial charge in [0, 0.05) is 10.5 Å². The van der Waals surface area contributed by atoms with Crippen LogP contribution in [0.5, 0.6) is 0 Å². The Morgan fingerprint density at radius 2 is 0.929 bits per heavy atom. The van der Waals surface area contributed by atoms with Crippen LogP contribution in [0, 0.1) is 23.7 Å². The van der Waals surface area contributed by atoms with E-state index in [0.717, 1.165) is 44.4 Å². The third kappa shape index (κ3) is 7.70. The fraction of sp³-hybridized carbons (Fsp3) is 1.00. The third-order valence-corrected chi connectivity index (χ3v) is 9.57. The summed E-state index contributed by atoms with van der Waals surface area (Å²) in [6.07, 6.45) is 11.6. The van der Waals surface area contributed by atoms with Crippen LogP contribution in [-0.2, 0) is 21.2 Å². The van der Waals surface area contributed by atoms with Gasteiger partial charge in [-0.25, -0.2) is 8.42 Å². The topological polar surface area (TPSA) is 127 Å². The van der Waals surface area contributed by atoms with Crippen LogP contribution < -0.4 is 37.7 Å². The van der Waals surface area contributed by atoms with Gasteiger partial charge in [0.1, 0.15) is 0 Å². The number of hydrogen-bond acceptors (Lipinski definition) is 6. The third-order valence-electron chi connectivity index (χ3n) is 7.27. The molecule has 1 unspecified atom stereocenters. The first-order chi connectivity index (χ1) is 11.8. The van der Waals surface area contributed by atoms with E-state index >= 15 is 0 Å². The van der Waals surface area contributed by atoms with Gasteiger partial charge in [-0.2, -0.15) is 0 Å². The molecule has 6 nitrogen and oxygen atoms in total. The standard InChI is InChI=1S/C18H32O5S2.2Li.H2O/c19-24(20)17-9-5-15(6-10-17)13-1-3-14(4-2-13)16-7-11-18(12-8-16)25(21,22)23;;;/h13-18H,1-12H2,(H,19,20)(H,21,22,23);;;1H2/q;2*+1;/p-3. The van der Waals surface area contributed by atoms with Crippen molar-refractivity contribution in [3.05, 3.63) is 0 Å². The van der Waals surface area contributed by atoms with Crippen molar-refractivity contribution in [1.82, 2.24) is 0 Å². The van der Waals surface area contributed by atoms with Crippen molar-refractivity contribution in [2.45, 2.75) is 87.5 Å². The van der Waals surface area contributed by atoms with E-state index in [1.807, 2.05) is 0 Å². The van der Waals surface area contributed by atoms with Gasteiger partial charge in [0.05, 0.1) is 10.1 Å². The second-order valence-corrected chi connectivity index (χ2v) is 11.3. The Kier molecular flexibility index (Phi) is 13.4. The van der Waals surface area contributed by atoms with Gasteiger partial charge in [-0.3, -0.25) is 4.21 Å². The predicted molar refractivity (Wildman–Crippen MR) is 97.5 cm³/mol. The summed E-state index contributed by atoms with van der Waals surface area (Å²) in [6, 6.07) is 0. The average molecular weight is 421 g/mol. The Labute approximate surface area is 196 Å². The molecule has 0 heterocycles. The fourth-order valence-electron chi connectivity index (χ4n) is 5.69. The fourth-order valence-corrected chi connectivity index (χ4v) is 7.20. The quantitative estimate of drug-likeness (QED) is 0.273. The summed E-state index contributed by atoms with van der Waals surface area (Å²) in [7, 11) is -4.11. The van der Waals surface area contributed by atoms with E-state index in [1.165, 1.54) is 25.7 Å². The molecule has 0 aromatic rings. The zero-order chi connectivity index (χ0) is 18.0. The number of rotatable bonds is 4. The Morgan fingerprint density at radius 1 is 0.643 bits per heavy atom. The predicted octanol–water partition coefficient (Wildman–Crippen LogP) is -2.83. The minimum Gasteiger partial charge on any atom is -0.870 e. The maximum absolute atomic E-state index is 11.2. The summed E-state index contributed by atoms with van der Waals surface area (Å²) in [6.45, 7) is 0. The smallest absolute Gasteiger partial charge is 0.870 e. The summed E-state index contributed by atoms with van der Waals surface area (Å²) in [4.78, 5) is 0. The SMILES string of the molecule is O=S([O-])C1CCC(C2CCC(C3CCC(S(=O)(=O)[O-])CC3)CC2)CC1.[Li+].[Li+].[OH-]. The molecule has 0 spiro atoms. The molecule has 0 amide bonds. The van der Waals surface area contributed by atoms with Crippen LogP contribution in [0.1, 0.15) is 77.0 Å². The molecule has 0 aromatic carbocycles. The molecule has 1 N–H and O–H groups in total. The molecule has 0 aliphatic heterocycles. The van der Waals surface area contributed by atoms with Crippen LogP contribution in [0.3, 0.4) is 0 Å². The van der Waals surface area contributed by atoms with E-state index in [-0.39, 0.29) is 48.4 Å². The van der Waals surface area contributed by atoms with Gasteiger partial charge < -0.3 is 14.6 Å². The Balaban J connectivity index is 0.00000243. The summed E-state index contributed by atoms with van der Waals surface area (Å²) >= 11 is -1.91. The zero-order valence-electron chi connectivity index (χ0n) is 17.3. The van der Waals surface area contributed by atoms with E-state index < -0.39 is 26.4 Å². The van der Waals surface area contributed by atoms with Crippen molar-refractivity contribution in [3.8, 4) is 0 Å². The first-order valence-corrected chi connectivity index (χ1v) is 12.5. The second kappa shape index (κ2) is 12.9. The molecule has 0 saturated heterocycles. The van der Waals surface area contributed by atoms with Crippen LogP contribution in [-0.4, -0.2) is 37.7 Å². The van der Waals surface area contributed by atoms with Crippen LogP contribution in [0.2, 0.25) is 0 Å². The van der Waals surface area contributed by atoms with Crippen molar-refractivity contribution in [2.24, 2.45) is 23.7 Å². The Morgan fingerprint density at radius 3 is 1.21 bits per heavy atom. The molecule has 10 heteroatoms. The first-order valence-electron chi connectivity index (χ1n) is 9.87. The largest absolute Gasteiger partial charge is 1.00 e. The molecule has 154 valence electrons. The molecule has 0 bridgehead atoms. The van der Waals surface area contributed by atoms with Gasteiger partial charge in [-0.1, -0.05) is 11.1 Å². The van der Waals surface area contributed by atoms with Gasteiger partial charge in [0.25, 0.3) is 0 Å². The first kappa shape index (κ1) is 29.2. The maximum Gasteiger partial charge on any atom is 1.00 e. The maximum atomic E-state index is 11.2. The number of hydrogen-bond donors (Lipinski definition) is 0.